The van der Waals surface area contributed by atoms with Gasteiger partial charge in [0.15, 0.2) is 0 Å². The standard InChI is InChI=1S/C15H20ClNO3S/c1-10(2)7-11(8-15(19)20)9-17-14(18)6-4-12-3-5-13(16)21-12/h3-6,10-11H,7-9H2,1-2H3,(H,17,18)(H,19,20). The van der Waals surface area contributed by atoms with Crippen molar-refractivity contribution in [3.63, 3.8) is 0 Å². The zero-order valence-corrected chi connectivity index (χ0v) is 13.7. The van der Waals surface area contributed by atoms with Crippen LogP contribution in [0.3, 0.4) is 0 Å². The third kappa shape index (κ3) is 7.87. The van der Waals surface area contributed by atoms with Gasteiger partial charge in [0, 0.05) is 23.9 Å². The van der Waals surface area contributed by atoms with Gasteiger partial charge in [-0.1, -0.05) is 25.4 Å². The smallest absolute Gasteiger partial charge is 0.303 e. The van der Waals surface area contributed by atoms with Crippen molar-refractivity contribution in [3.8, 4) is 0 Å². The number of hydrogen-bond acceptors (Lipinski definition) is 3. The van der Waals surface area contributed by atoms with E-state index < -0.39 is 5.97 Å². The molecule has 0 aromatic carbocycles. The lowest BCUT2D eigenvalue weighted by Crippen LogP contribution is -2.29. The third-order valence-electron chi connectivity index (χ3n) is 2.83. The van der Waals surface area contributed by atoms with Gasteiger partial charge < -0.3 is 10.4 Å². The molecule has 1 unspecified atom stereocenters. The van der Waals surface area contributed by atoms with Crippen molar-refractivity contribution < 1.29 is 14.7 Å². The van der Waals surface area contributed by atoms with Crippen LogP contribution in [0.5, 0.6) is 0 Å². The van der Waals surface area contributed by atoms with Crippen molar-refractivity contribution in [3.05, 3.63) is 27.4 Å². The minimum absolute atomic E-state index is 0.0453. The molecular formula is C15H20ClNO3S. The average Bonchev–Trinajstić information content (AvgIpc) is 2.78. The van der Waals surface area contributed by atoms with Crippen LogP contribution in [-0.2, 0) is 9.59 Å². The SMILES string of the molecule is CC(C)CC(CNC(=O)C=Cc1ccc(Cl)s1)CC(=O)O. The van der Waals surface area contributed by atoms with Crippen molar-refractivity contribution in [2.75, 3.05) is 6.54 Å². The maximum absolute atomic E-state index is 11.7. The summed E-state index contributed by atoms with van der Waals surface area (Å²) in [7, 11) is 0. The number of amides is 1. The van der Waals surface area contributed by atoms with Crippen LogP contribution in [0.15, 0.2) is 18.2 Å². The maximum Gasteiger partial charge on any atom is 0.303 e. The molecule has 1 heterocycles. The number of rotatable bonds is 8. The molecule has 0 aliphatic heterocycles. The number of carbonyl (C=O) groups excluding carboxylic acids is 1. The Kier molecular flexibility index (Phi) is 7.47. The molecule has 0 spiro atoms. The van der Waals surface area contributed by atoms with Crippen LogP contribution in [-0.4, -0.2) is 23.5 Å². The van der Waals surface area contributed by atoms with Crippen molar-refractivity contribution in [2.24, 2.45) is 11.8 Å². The molecule has 6 heteroatoms. The molecule has 116 valence electrons. The molecule has 0 aliphatic rings. The van der Waals surface area contributed by atoms with Crippen molar-refractivity contribution >= 4 is 40.9 Å². The summed E-state index contributed by atoms with van der Waals surface area (Å²) in [5, 5.41) is 11.6. The molecule has 1 aromatic heterocycles. The van der Waals surface area contributed by atoms with Crippen molar-refractivity contribution in [1.82, 2.24) is 5.32 Å². The van der Waals surface area contributed by atoms with Gasteiger partial charge in [-0.3, -0.25) is 9.59 Å². The average molecular weight is 330 g/mol. The summed E-state index contributed by atoms with van der Waals surface area (Å²) < 4.78 is 0.675. The summed E-state index contributed by atoms with van der Waals surface area (Å²) in [4.78, 5) is 23.4. The second-order valence-electron chi connectivity index (χ2n) is 5.31. The lowest BCUT2D eigenvalue weighted by atomic mass is 9.94. The van der Waals surface area contributed by atoms with Gasteiger partial charge in [-0.25, -0.2) is 0 Å². The Balaban J connectivity index is 2.45. The lowest BCUT2D eigenvalue weighted by molar-refractivity contribution is -0.138. The summed E-state index contributed by atoms with van der Waals surface area (Å²) in [6.45, 7) is 4.45. The van der Waals surface area contributed by atoms with E-state index >= 15 is 0 Å². The molecule has 0 fully saturated rings. The van der Waals surface area contributed by atoms with Crippen LogP contribution in [0.2, 0.25) is 4.34 Å². The molecule has 4 nitrogen and oxygen atoms in total. The number of halogens is 1. The Morgan fingerprint density at radius 3 is 2.67 bits per heavy atom. The number of thiophene rings is 1. The number of hydrogen-bond donors (Lipinski definition) is 2. The van der Waals surface area contributed by atoms with E-state index in [1.54, 1.807) is 12.1 Å². The molecular weight excluding hydrogens is 310 g/mol. The fourth-order valence-electron chi connectivity index (χ4n) is 2.03. The molecule has 0 saturated carbocycles. The van der Waals surface area contributed by atoms with Gasteiger partial charge >= 0.3 is 5.97 Å². The molecule has 1 atom stereocenters. The zero-order chi connectivity index (χ0) is 15.8. The first kappa shape index (κ1) is 17.7. The van der Waals surface area contributed by atoms with Gasteiger partial charge in [-0.2, -0.15) is 0 Å². The van der Waals surface area contributed by atoms with Gasteiger partial charge in [-0.15, -0.1) is 11.3 Å². The second kappa shape index (κ2) is 8.85. The summed E-state index contributed by atoms with van der Waals surface area (Å²) >= 11 is 7.20. The Morgan fingerprint density at radius 1 is 1.43 bits per heavy atom. The summed E-state index contributed by atoms with van der Waals surface area (Å²) in [6, 6.07) is 3.61. The molecule has 1 rings (SSSR count). The highest BCUT2D eigenvalue weighted by molar-refractivity contribution is 7.17. The van der Waals surface area contributed by atoms with Crippen LogP contribution in [0.4, 0.5) is 0 Å². The van der Waals surface area contributed by atoms with Crippen molar-refractivity contribution in [1.29, 1.82) is 0 Å². The van der Waals surface area contributed by atoms with Crippen LogP contribution >= 0.6 is 22.9 Å². The monoisotopic (exact) mass is 329 g/mol. The quantitative estimate of drug-likeness (QED) is 0.715. The Morgan fingerprint density at radius 2 is 2.14 bits per heavy atom. The van der Waals surface area contributed by atoms with E-state index in [0.717, 1.165) is 11.3 Å². The zero-order valence-electron chi connectivity index (χ0n) is 12.1. The molecule has 0 radical (unpaired) electrons. The molecule has 0 bridgehead atoms. The van der Waals surface area contributed by atoms with Crippen molar-refractivity contribution in [2.45, 2.75) is 26.7 Å². The summed E-state index contributed by atoms with van der Waals surface area (Å²) in [6.07, 6.45) is 3.98. The minimum atomic E-state index is -0.835. The van der Waals surface area contributed by atoms with E-state index in [0.29, 0.717) is 16.8 Å². The Hall–Kier alpha value is -1.33. The lowest BCUT2D eigenvalue weighted by Gasteiger charge is -2.17. The largest absolute Gasteiger partial charge is 0.481 e. The van der Waals surface area contributed by atoms with Gasteiger partial charge in [0.05, 0.1) is 4.34 Å². The van der Waals surface area contributed by atoms with E-state index in [1.165, 1.54) is 17.4 Å². The normalized spacial score (nSPS) is 12.8. The van der Waals surface area contributed by atoms with Gasteiger partial charge in [-0.05, 0) is 36.5 Å². The van der Waals surface area contributed by atoms with E-state index in [2.05, 4.69) is 5.32 Å². The number of carboxylic acid groups (broad SMARTS) is 1. The van der Waals surface area contributed by atoms with E-state index in [-0.39, 0.29) is 18.2 Å². The first-order chi connectivity index (χ1) is 9.86. The second-order valence-corrected chi connectivity index (χ2v) is 7.06. The maximum atomic E-state index is 11.7. The van der Waals surface area contributed by atoms with Crippen LogP contribution in [0.25, 0.3) is 6.08 Å². The minimum Gasteiger partial charge on any atom is -0.481 e. The van der Waals surface area contributed by atoms with Gasteiger partial charge in [0.1, 0.15) is 0 Å². The van der Waals surface area contributed by atoms with Crippen LogP contribution in [0, 0.1) is 11.8 Å². The molecule has 1 aromatic rings. The number of carboxylic acids is 1. The number of carbonyl (C=O) groups is 2. The van der Waals surface area contributed by atoms with E-state index in [9.17, 15) is 9.59 Å². The van der Waals surface area contributed by atoms with Gasteiger partial charge in [0.2, 0.25) is 5.91 Å². The van der Waals surface area contributed by atoms with Crippen LogP contribution in [0.1, 0.15) is 31.6 Å². The predicted molar refractivity (Wildman–Crippen MR) is 86.6 cm³/mol. The Bertz CT molecular complexity index is 511. The molecule has 2 N–H and O–H groups in total. The fourth-order valence-corrected chi connectivity index (χ4v) is 3.00. The summed E-state index contributed by atoms with van der Waals surface area (Å²) in [5.74, 6) is -0.705. The third-order valence-corrected chi connectivity index (χ3v) is 4.02. The summed E-state index contributed by atoms with van der Waals surface area (Å²) in [5.41, 5.74) is 0. The van der Waals surface area contributed by atoms with E-state index in [1.807, 2.05) is 19.9 Å². The van der Waals surface area contributed by atoms with Gasteiger partial charge in [0.25, 0.3) is 0 Å². The number of nitrogens with one attached hydrogen (secondary N) is 1. The highest BCUT2D eigenvalue weighted by Crippen LogP contribution is 2.22. The van der Waals surface area contributed by atoms with Crippen LogP contribution < -0.4 is 5.32 Å². The molecule has 0 aliphatic carbocycles. The van der Waals surface area contributed by atoms with E-state index in [4.69, 9.17) is 16.7 Å². The molecule has 0 saturated heterocycles. The first-order valence-electron chi connectivity index (χ1n) is 6.80. The molecule has 1 amide bonds. The molecule has 21 heavy (non-hydrogen) atoms. The Labute approximate surface area is 133 Å². The fraction of sp³-hybridized carbons (Fsp3) is 0.467. The highest BCUT2D eigenvalue weighted by atomic mass is 35.5. The first-order valence-corrected chi connectivity index (χ1v) is 7.99. The number of aliphatic carboxylic acids is 1. The predicted octanol–water partition coefficient (Wildman–Crippen LogP) is 3.67. The topological polar surface area (TPSA) is 66.4 Å². The highest BCUT2D eigenvalue weighted by Gasteiger charge is 2.15.